The van der Waals surface area contributed by atoms with Gasteiger partial charge in [-0.1, -0.05) is 29.8 Å². The molecule has 0 fully saturated rings. The molecular formula is C14H14BrClN2. The molecule has 0 aliphatic heterocycles. The highest BCUT2D eigenvalue weighted by Crippen LogP contribution is 2.23. The highest BCUT2D eigenvalue weighted by Gasteiger charge is 2.03. The van der Waals surface area contributed by atoms with Crippen LogP contribution < -0.4 is 5.32 Å². The second-order valence-electron chi connectivity index (χ2n) is 4.22. The summed E-state index contributed by atoms with van der Waals surface area (Å²) in [6.45, 7) is 5.04. The van der Waals surface area contributed by atoms with Crippen molar-refractivity contribution in [1.82, 2.24) is 4.98 Å². The third kappa shape index (κ3) is 3.03. The molecule has 0 saturated carbocycles. The number of pyridine rings is 1. The molecule has 0 bridgehead atoms. The molecule has 0 saturated heterocycles. The van der Waals surface area contributed by atoms with Crippen LogP contribution in [0.4, 0.5) is 5.69 Å². The monoisotopic (exact) mass is 324 g/mol. The summed E-state index contributed by atoms with van der Waals surface area (Å²) in [5, 5.41) is 3.84. The fourth-order valence-electron chi connectivity index (χ4n) is 1.84. The average molecular weight is 326 g/mol. The zero-order valence-corrected chi connectivity index (χ0v) is 12.6. The first-order valence-electron chi connectivity index (χ1n) is 5.68. The van der Waals surface area contributed by atoms with Crippen LogP contribution in [0.2, 0.25) is 5.15 Å². The third-order valence-corrected chi connectivity index (χ3v) is 4.04. The SMILES string of the molecule is Cc1cccc(C)c1CNc1cnc(Cl)c(Br)c1. The lowest BCUT2D eigenvalue weighted by molar-refractivity contribution is 1.08. The van der Waals surface area contributed by atoms with Crippen LogP contribution in [-0.4, -0.2) is 4.98 Å². The maximum atomic E-state index is 5.86. The van der Waals surface area contributed by atoms with Crippen molar-refractivity contribution >= 4 is 33.2 Å². The van der Waals surface area contributed by atoms with E-state index in [4.69, 9.17) is 11.6 Å². The summed E-state index contributed by atoms with van der Waals surface area (Å²) in [6, 6.07) is 8.26. The predicted molar refractivity (Wildman–Crippen MR) is 80.2 cm³/mol. The first kappa shape index (κ1) is 13.4. The van der Waals surface area contributed by atoms with Crippen molar-refractivity contribution in [2.45, 2.75) is 20.4 Å². The lowest BCUT2D eigenvalue weighted by Crippen LogP contribution is -2.03. The molecule has 1 N–H and O–H groups in total. The molecule has 0 aliphatic rings. The number of anilines is 1. The van der Waals surface area contributed by atoms with Crippen LogP contribution in [0.15, 0.2) is 34.9 Å². The third-order valence-electron chi connectivity index (χ3n) is 2.91. The molecule has 94 valence electrons. The number of halogens is 2. The van der Waals surface area contributed by atoms with Gasteiger partial charge in [-0.15, -0.1) is 0 Å². The number of hydrogen-bond acceptors (Lipinski definition) is 2. The van der Waals surface area contributed by atoms with Crippen molar-refractivity contribution in [1.29, 1.82) is 0 Å². The van der Waals surface area contributed by atoms with Gasteiger partial charge in [-0.25, -0.2) is 4.98 Å². The van der Waals surface area contributed by atoms with Crippen molar-refractivity contribution in [3.63, 3.8) is 0 Å². The summed E-state index contributed by atoms with van der Waals surface area (Å²) in [5.41, 5.74) is 4.87. The first-order chi connectivity index (χ1) is 8.58. The number of hydrogen-bond donors (Lipinski definition) is 1. The van der Waals surface area contributed by atoms with Crippen LogP contribution >= 0.6 is 27.5 Å². The predicted octanol–water partition coefficient (Wildman–Crippen LogP) is 4.73. The van der Waals surface area contributed by atoms with E-state index in [0.29, 0.717) is 5.15 Å². The van der Waals surface area contributed by atoms with Crippen LogP contribution in [0.3, 0.4) is 0 Å². The van der Waals surface area contributed by atoms with Crippen molar-refractivity contribution in [2.24, 2.45) is 0 Å². The quantitative estimate of drug-likeness (QED) is 0.825. The number of aromatic nitrogens is 1. The van der Waals surface area contributed by atoms with Crippen LogP contribution in [0, 0.1) is 13.8 Å². The van der Waals surface area contributed by atoms with Crippen molar-refractivity contribution in [3.05, 3.63) is 56.8 Å². The average Bonchev–Trinajstić information content (AvgIpc) is 2.33. The maximum Gasteiger partial charge on any atom is 0.143 e. The zero-order chi connectivity index (χ0) is 13.1. The van der Waals surface area contributed by atoms with Crippen LogP contribution in [0.25, 0.3) is 0 Å². The molecule has 1 aromatic heterocycles. The van der Waals surface area contributed by atoms with E-state index in [2.05, 4.69) is 58.3 Å². The maximum absolute atomic E-state index is 5.86. The van der Waals surface area contributed by atoms with Crippen molar-refractivity contribution in [3.8, 4) is 0 Å². The fraction of sp³-hybridized carbons (Fsp3) is 0.214. The molecule has 0 atom stereocenters. The van der Waals surface area contributed by atoms with Gasteiger partial charge in [0.1, 0.15) is 5.15 Å². The molecule has 0 radical (unpaired) electrons. The van der Waals surface area contributed by atoms with E-state index in [-0.39, 0.29) is 0 Å². The fourth-order valence-corrected chi connectivity index (χ4v) is 2.29. The van der Waals surface area contributed by atoms with E-state index >= 15 is 0 Å². The lowest BCUT2D eigenvalue weighted by Gasteiger charge is -2.12. The summed E-state index contributed by atoms with van der Waals surface area (Å²) >= 11 is 9.23. The van der Waals surface area contributed by atoms with Gasteiger partial charge < -0.3 is 5.32 Å². The van der Waals surface area contributed by atoms with E-state index < -0.39 is 0 Å². The Balaban J connectivity index is 2.14. The molecule has 0 amide bonds. The summed E-state index contributed by atoms with van der Waals surface area (Å²) < 4.78 is 0.802. The highest BCUT2D eigenvalue weighted by molar-refractivity contribution is 9.10. The lowest BCUT2D eigenvalue weighted by atomic mass is 10.0. The van der Waals surface area contributed by atoms with E-state index in [1.54, 1.807) is 6.20 Å². The Bertz CT molecular complexity index is 549. The summed E-state index contributed by atoms with van der Waals surface area (Å²) in [5.74, 6) is 0. The van der Waals surface area contributed by atoms with E-state index in [9.17, 15) is 0 Å². The van der Waals surface area contributed by atoms with Crippen LogP contribution in [0.1, 0.15) is 16.7 Å². The largest absolute Gasteiger partial charge is 0.380 e. The molecule has 2 aromatic rings. The number of aryl methyl sites for hydroxylation is 2. The second-order valence-corrected chi connectivity index (χ2v) is 5.43. The molecule has 2 rings (SSSR count). The first-order valence-corrected chi connectivity index (χ1v) is 6.85. The van der Waals surface area contributed by atoms with Crippen molar-refractivity contribution < 1.29 is 0 Å². The standard InChI is InChI=1S/C14H14BrClN2/c1-9-4-3-5-10(2)12(9)8-17-11-6-13(15)14(16)18-7-11/h3-7,17H,8H2,1-2H3. The van der Waals surface area contributed by atoms with Gasteiger partial charge in [0.05, 0.1) is 16.4 Å². The molecule has 4 heteroatoms. The Labute approximate surface area is 121 Å². The molecule has 1 aromatic carbocycles. The second kappa shape index (κ2) is 5.72. The molecule has 2 nitrogen and oxygen atoms in total. The van der Waals surface area contributed by atoms with Crippen LogP contribution in [0.5, 0.6) is 0 Å². The molecule has 0 unspecified atom stereocenters. The number of nitrogens with one attached hydrogen (secondary N) is 1. The minimum atomic E-state index is 0.479. The van der Waals surface area contributed by atoms with Gasteiger partial charge >= 0.3 is 0 Å². The minimum absolute atomic E-state index is 0.479. The van der Waals surface area contributed by atoms with Crippen LogP contribution in [-0.2, 0) is 6.54 Å². The van der Waals surface area contributed by atoms with E-state index in [1.165, 1.54) is 16.7 Å². The minimum Gasteiger partial charge on any atom is -0.380 e. The van der Waals surface area contributed by atoms with Gasteiger partial charge in [-0.3, -0.25) is 0 Å². The Hall–Kier alpha value is -1.06. The molecular weight excluding hydrogens is 312 g/mol. The van der Waals surface area contributed by atoms with Gasteiger partial charge in [0, 0.05) is 6.54 Å². The summed E-state index contributed by atoms with van der Waals surface area (Å²) in [7, 11) is 0. The van der Waals surface area contributed by atoms with Gasteiger partial charge in [0.15, 0.2) is 0 Å². The Kier molecular flexibility index (Phi) is 4.25. The normalized spacial score (nSPS) is 10.4. The number of nitrogens with zero attached hydrogens (tertiary/aromatic N) is 1. The molecule has 1 heterocycles. The van der Waals surface area contributed by atoms with Gasteiger partial charge in [0.2, 0.25) is 0 Å². The molecule has 18 heavy (non-hydrogen) atoms. The van der Waals surface area contributed by atoms with Gasteiger partial charge in [-0.05, 0) is 52.5 Å². The van der Waals surface area contributed by atoms with Gasteiger partial charge in [-0.2, -0.15) is 0 Å². The van der Waals surface area contributed by atoms with Crippen molar-refractivity contribution in [2.75, 3.05) is 5.32 Å². The van der Waals surface area contributed by atoms with Gasteiger partial charge in [0.25, 0.3) is 0 Å². The number of benzene rings is 1. The smallest absolute Gasteiger partial charge is 0.143 e. The zero-order valence-electron chi connectivity index (χ0n) is 10.3. The Morgan fingerprint density at radius 3 is 2.56 bits per heavy atom. The number of rotatable bonds is 3. The highest BCUT2D eigenvalue weighted by atomic mass is 79.9. The van der Waals surface area contributed by atoms with E-state index in [1.807, 2.05) is 6.07 Å². The molecule has 0 aliphatic carbocycles. The topological polar surface area (TPSA) is 24.9 Å². The molecule has 0 spiro atoms. The Morgan fingerprint density at radius 1 is 1.28 bits per heavy atom. The summed E-state index contributed by atoms with van der Waals surface area (Å²) in [6.07, 6.45) is 1.74. The Morgan fingerprint density at radius 2 is 1.94 bits per heavy atom. The van der Waals surface area contributed by atoms with E-state index in [0.717, 1.165) is 16.7 Å². The summed E-state index contributed by atoms with van der Waals surface area (Å²) in [4.78, 5) is 4.09.